The monoisotopic (exact) mass is 316 g/mol. The van der Waals surface area contributed by atoms with E-state index in [2.05, 4.69) is 5.32 Å². The fourth-order valence-corrected chi connectivity index (χ4v) is 1.88. The Morgan fingerprint density at radius 2 is 2.00 bits per heavy atom. The topological polar surface area (TPSA) is 90.7 Å². The molecule has 0 spiro atoms. The van der Waals surface area contributed by atoms with Crippen molar-refractivity contribution in [2.45, 2.75) is 13.5 Å². The molecular formula is C16H16N2O5. The highest BCUT2D eigenvalue weighted by molar-refractivity contribution is 5.84. The Kier molecular flexibility index (Phi) is 5.51. The number of hydrogen-bond donors (Lipinski definition) is 1. The minimum Gasteiger partial charge on any atom is -0.489 e. The lowest BCUT2D eigenvalue weighted by Gasteiger charge is -2.09. The highest BCUT2D eigenvalue weighted by atomic mass is 16.6. The zero-order valence-electron chi connectivity index (χ0n) is 12.5. The Balaban J connectivity index is 1.99. The number of nitro benzene ring substituents is 1. The van der Waals surface area contributed by atoms with Crippen LogP contribution in [0.15, 0.2) is 48.5 Å². The van der Waals surface area contributed by atoms with Crippen LogP contribution in [0.25, 0.3) is 0 Å². The third-order valence-electron chi connectivity index (χ3n) is 2.88. The van der Waals surface area contributed by atoms with Gasteiger partial charge in [-0.15, -0.1) is 0 Å². The van der Waals surface area contributed by atoms with Crippen LogP contribution in [0, 0.1) is 10.1 Å². The number of nitrogens with one attached hydrogen (secondary N) is 1. The van der Waals surface area contributed by atoms with Gasteiger partial charge in [0.05, 0.1) is 11.5 Å². The summed E-state index contributed by atoms with van der Waals surface area (Å²) in [4.78, 5) is 21.7. The molecule has 0 aromatic heterocycles. The number of benzene rings is 2. The van der Waals surface area contributed by atoms with Crippen LogP contribution < -0.4 is 10.1 Å². The number of nitrogens with zero attached hydrogens (tertiary/aromatic N) is 1. The van der Waals surface area contributed by atoms with Crippen molar-refractivity contribution in [1.82, 2.24) is 0 Å². The van der Waals surface area contributed by atoms with Gasteiger partial charge in [0.25, 0.3) is 5.69 Å². The van der Waals surface area contributed by atoms with Crippen LogP contribution in [0.3, 0.4) is 0 Å². The fraction of sp³-hybridized carbons (Fsp3) is 0.188. The van der Waals surface area contributed by atoms with E-state index >= 15 is 0 Å². The molecule has 0 aliphatic rings. The lowest BCUT2D eigenvalue weighted by atomic mass is 10.2. The molecule has 0 aliphatic heterocycles. The minimum atomic E-state index is -0.539. The molecule has 0 aliphatic carbocycles. The summed E-state index contributed by atoms with van der Waals surface area (Å²) in [5, 5.41) is 13.3. The molecule has 120 valence electrons. The number of ether oxygens (including phenoxy) is 2. The number of rotatable bonds is 6. The average Bonchev–Trinajstić information content (AvgIpc) is 2.54. The SMILES string of the molecule is CCOC(=O)Nc1cccc(OCc2cccc([N+](=O)[O-])c2)c1. The number of non-ortho nitro benzene ring substituents is 1. The largest absolute Gasteiger partial charge is 0.489 e. The summed E-state index contributed by atoms with van der Waals surface area (Å²) in [6.45, 7) is 2.19. The van der Waals surface area contributed by atoms with E-state index in [-0.39, 0.29) is 18.9 Å². The summed E-state index contributed by atoms with van der Waals surface area (Å²) in [6, 6.07) is 13.0. The van der Waals surface area contributed by atoms with E-state index in [0.29, 0.717) is 17.0 Å². The molecule has 0 unspecified atom stereocenters. The first-order valence-electron chi connectivity index (χ1n) is 6.98. The number of anilines is 1. The number of hydrogen-bond acceptors (Lipinski definition) is 5. The molecule has 0 fully saturated rings. The minimum absolute atomic E-state index is 0.0174. The van der Waals surface area contributed by atoms with E-state index in [1.807, 2.05) is 0 Å². The van der Waals surface area contributed by atoms with Gasteiger partial charge in [-0.05, 0) is 24.6 Å². The van der Waals surface area contributed by atoms with Crippen LogP contribution in [0.2, 0.25) is 0 Å². The molecule has 23 heavy (non-hydrogen) atoms. The fourth-order valence-electron chi connectivity index (χ4n) is 1.88. The second kappa shape index (κ2) is 7.79. The maximum Gasteiger partial charge on any atom is 0.411 e. The van der Waals surface area contributed by atoms with Crippen molar-refractivity contribution in [3.8, 4) is 5.75 Å². The Labute approximate surface area is 133 Å². The molecule has 0 saturated heterocycles. The Hall–Kier alpha value is -3.09. The molecule has 2 aromatic carbocycles. The standard InChI is InChI=1S/C16H16N2O5/c1-2-22-16(19)17-13-6-4-8-15(10-13)23-11-12-5-3-7-14(9-12)18(20)21/h3-10H,2,11H2,1H3,(H,17,19). The van der Waals surface area contributed by atoms with Gasteiger partial charge in [0, 0.05) is 23.9 Å². The number of nitro groups is 1. The smallest absolute Gasteiger partial charge is 0.411 e. The summed E-state index contributed by atoms with van der Waals surface area (Å²) < 4.78 is 10.4. The summed E-state index contributed by atoms with van der Waals surface area (Å²) in [7, 11) is 0. The molecule has 7 heteroatoms. The van der Waals surface area contributed by atoms with Crippen molar-refractivity contribution in [3.63, 3.8) is 0 Å². The summed E-state index contributed by atoms with van der Waals surface area (Å²) >= 11 is 0. The zero-order chi connectivity index (χ0) is 16.7. The van der Waals surface area contributed by atoms with Gasteiger partial charge in [-0.2, -0.15) is 0 Å². The first kappa shape index (κ1) is 16.3. The quantitative estimate of drug-likeness (QED) is 0.647. The molecule has 0 atom stereocenters. The van der Waals surface area contributed by atoms with Crippen molar-refractivity contribution in [2.75, 3.05) is 11.9 Å². The molecule has 2 aromatic rings. The van der Waals surface area contributed by atoms with E-state index in [1.54, 1.807) is 43.3 Å². The molecule has 1 amide bonds. The van der Waals surface area contributed by atoms with Crippen molar-refractivity contribution >= 4 is 17.5 Å². The number of carbonyl (C=O) groups is 1. The lowest BCUT2D eigenvalue weighted by Crippen LogP contribution is -2.13. The maximum absolute atomic E-state index is 11.4. The molecule has 0 bridgehead atoms. The van der Waals surface area contributed by atoms with Crippen LogP contribution in [0.4, 0.5) is 16.2 Å². The highest BCUT2D eigenvalue weighted by Gasteiger charge is 2.07. The first-order chi connectivity index (χ1) is 11.1. The Morgan fingerprint density at radius 1 is 1.22 bits per heavy atom. The zero-order valence-corrected chi connectivity index (χ0v) is 12.5. The van der Waals surface area contributed by atoms with Crippen LogP contribution in [-0.2, 0) is 11.3 Å². The van der Waals surface area contributed by atoms with Crippen molar-refractivity contribution in [3.05, 3.63) is 64.2 Å². The van der Waals surface area contributed by atoms with Gasteiger partial charge in [-0.3, -0.25) is 15.4 Å². The van der Waals surface area contributed by atoms with Crippen molar-refractivity contribution in [2.24, 2.45) is 0 Å². The number of carbonyl (C=O) groups excluding carboxylic acids is 1. The van der Waals surface area contributed by atoms with E-state index in [9.17, 15) is 14.9 Å². The van der Waals surface area contributed by atoms with Gasteiger partial charge in [0.15, 0.2) is 0 Å². The molecule has 0 heterocycles. The first-order valence-corrected chi connectivity index (χ1v) is 6.98. The third-order valence-corrected chi connectivity index (χ3v) is 2.88. The van der Waals surface area contributed by atoms with Crippen molar-refractivity contribution < 1.29 is 19.2 Å². The van der Waals surface area contributed by atoms with Gasteiger partial charge in [0.2, 0.25) is 0 Å². The normalized spacial score (nSPS) is 9.96. The molecule has 7 nitrogen and oxygen atoms in total. The summed E-state index contributed by atoms with van der Waals surface area (Å²) in [5.74, 6) is 0.533. The van der Waals surface area contributed by atoms with Crippen LogP contribution in [-0.4, -0.2) is 17.6 Å². The van der Waals surface area contributed by atoms with E-state index in [0.717, 1.165) is 0 Å². The highest BCUT2D eigenvalue weighted by Crippen LogP contribution is 2.20. The van der Waals surface area contributed by atoms with Crippen LogP contribution >= 0.6 is 0 Å². The lowest BCUT2D eigenvalue weighted by molar-refractivity contribution is -0.384. The van der Waals surface area contributed by atoms with Gasteiger partial charge in [0.1, 0.15) is 12.4 Å². The predicted molar refractivity (Wildman–Crippen MR) is 84.5 cm³/mol. The second-order valence-corrected chi connectivity index (χ2v) is 4.59. The molecule has 1 N–H and O–H groups in total. The molecule has 0 radical (unpaired) electrons. The predicted octanol–water partition coefficient (Wildman–Crippen LogP) is 3.74. The number of amides is 1. The third kappa shape index (κ3) is 4.99. The summed E-state index contributed by atoms with van der Waals surface area (Å²) in [6.07, 6.45) is -0.539. The van der Waals surface area contributed by atoms with E-state index in [4.69, 9.17) is 9.47 Å². The van der Waals surface area contributed by atoms with Crippen molar-refractivity contribution in [1.29, 1.82) is 0 Å². The molecule has 2 rings (SSSR count). The van der Waals surface area contributed by atoms with Crippen LogP contribution in [0.1, 0.15) is 12.5 Å². The molecular weight excluding hydrogens is 300 g/mol. The van der Waals surface area contributed by atoms with Gasteiger partial charge >= 0.3 is 6.09 Å². The van der Waals surface area contributed by atoms with E-state index < -0.39 is 11.0 Å². The second-order valence-electron chi connectivity index (χ2n) is 4.59. The van der Waals surface area contributed by atoms with Gasteiger partial charge < -0.3 is 9.47 Å². The van der Waals surface area contributed by atoms with Gasteiger partial charge in [-0.25, -0.2) is 4.79 Å². The van der Waals surface area contributed by atoms with Crippen LogP contribution in [0.5, 0.6) is 5.75 Å². The van der Waals surface area contributed by atoms with Gasteiger partial charge in [-0.1, -0.05) is 18.2 Å². The summed E-state index contributed by atoms with van der Waals surface area (Å²) in [5.41, 5.74) is 1.24. The average molecular weight is 316 g/mol. The molecule has 0 saturated carbocycles. The maximum atomic E-state index is 11.4. The Morgan fingerprint density at radius 3 is 2.74 bits per heavy atom. The van der Waals surface area contributed by atoms with E-state index in [1.165, 1.54) is 12.1 Å². The Bertz CT molecular complexity index is 702.